The quantitative estimate of drug-likeness (QED) is 0.589. The van der Waals surface area contributed by atoms with Gasteiger partial charge in [-0.05, 0) is 42.3 Å². The van der Waals surface area contributed by atoms with E-state index in [1.54, 1.807) is 6.20 Å². The first-order valence-electron chi connectivity index (χ1n) is 7.18. The average Bonchev–Trinajstić information content (AvgIpc) is 3.00. The lowest BCUT2D eigenvalue weighted by atomic mass is 10.1. The van der Waals surface area contributed by atoms with Crippen molar-refractivity contribution in [2.24, 2.45) is 0 Å². The van der Waals surface area contributed by atoms with Gasteiger partial charge in [-0.3, -0.25) is 4.98 Å². The molecule has 0 saturated heterocycles. The third-order valence-corrected chi connectivity index (χ3v) is 3.96. The van der Waals surface area contributed by atoms with E-state index in [2.05, 4.69) is 10.3 Å². The maximum absolute atomic E-state index is 6.16. The third kappa shape index (κ3) is 4.99. The van der Waals surface area contributed by atoms with Gasteiger partial charge in [-0.2, -0.15) is 0 Å². The third-order valence-electron chi connectivity index (χ3n) is 3.55. The molecule has 1 N–H and O–H groups in total. The van der Waals surface area contributed by atoms with Crippen molar-refractivity contribution in [1.82, 2.24) is 10.3 Å². The highest BCUT2D eigenvalue weighted by Gasteiger charge is 2.09. The van der Waals surface area contributed by atoms with Crippen LogP contribution in [0.4, 0.5) is 0 Å². The molecular formula is C18H17Cl3N2O-2. The van der Waals surface area contributed by atoms with Crippen molar-refractivity contribution in [3.05, 3.63) is 76.8 Å². The van der Waals surface area contributed by atoms with E-state index < -0.39 is 0 Å². The van der Waals surface area contributed by atoms with Crippen LogP contribution < -0.4 is 30.1 Å². The minimum absolute atomic E-state index is 0. The Morgan fingerprint density at radius 3 is 2.62 bits per heavy atom. The summed E-state index contributed by atoms with van der Waals surface area (Å²) in [5, 5.41) is 4.10. The van der Waals surface area contributed by atoms with Gasteiger partial charge in [0.2, 0.25) is 0 Å². The molecular weight excluding hydrogens is 367 g/mol. The van der Waals surface area contributed by atoms with Crippen LogP contribution in [0.15, 0.2) is 59.3 Å². The highest BCUT2D eigenvalue weighted by Crippen LogP contribution is 2.29. The summed E-state index contributed by atoms with van der Waals surface area (Å²) >= 11 is 6.16. The molecule has 3 rings (SSSR count). The zero-order chi connectivity index (χ0) is 15.4. The number of hydrogen-bond donors (Lipinski definition) is 1. The topological polar surface area (TPSA) is 38.1 Å². The largest absolute Gasteiger partial charge is 1.00 e. The molecule has 0 radical (unpaired) electrons. The van der Waals surface area contributed by atoms with Gasteiger partial charge in [0.15, 0.2) is 0 Å². The standard InChI is InChI=1S/C18H17ClN2O.2ClH/c1-13-16(5-2-6-17(13)19)18-8-7-15(22-18)12-21-11-14-4-3-9-20-10-14;;/h2-10,21H,11-12H2,1H3;2*1H/p-2. The van der Waals surface area contributed by atoms with E-state index in [1.165, 1.54) is 0 Å². The fourth-order valence-electron chi connectivity index (χ4n) is 2.32. The number of furan rings is 1. The van der Waals surface area contributed by atoms with E-state index in [4.69, 9.17) is 16.0 Å². The second-order valence-corrected chi connectivity index (χ2v) is 5.55. The summed E-state index contributed by atoms with van der Waals surface area (Å²) < 4.78 is 5.91. The fourth-order valence-corrected chi connectivity index (χ4v) is 2.50. The van der Waals surface area contributed by atoms with Crippen LogP contribution in [-0.2, 0) is 13.1 Å². The normalized spacial score (nSPS) is 9.92. The minimum atomic E-state index is 0. The van der Waals surface area contributed by atoms with Crippen LogP contribution in [0.3, 0.4) is 0 Å². The maximum atomic E-state index is 6.16. The van der Waals surface area contributed by atoms with Gasteiger partial charge in [0.05, 0.1) is 6.54 Å². The number of aromatic nitrogens is 1. The molecule has 2 aromatic heterocycles. The van der Waals surface area contributed by atoms with Crippen molar-refractivity contribution in [2.75, 3.05) is 0 Å². The van der Waals surface area contributed by atoms with Crippen molar-refractivity contribution in [1.29, 1.82) is 0 Å². The Morgan fingerprint density at radius 1 is 1.04 bits per heavy atom. The van der Waals surface area contributed by atoms with Crippen molar-refractivity contribution >= 4 is 11.6 Å². The summed E-state index contributed by atoms with van der Waals surface area (Å²) in [6, 6.07) is 13.8. The number of hydrogen-bond acceptors (Lipinski definition) is 3. The predicted molar refractivity (Wildman–Crippen MR) is 88.7 cm³/mol. The van der Waals surface area contributed by atoms with Gasteiger partial charge in [-0.1, -0.05) is 29.8 Å². The number of pyridine rings is 1. The molecule has 2 heterocycles. The molecule has 0 bridgehead atoms. The number of nitrogens with one attached hydrogen (secondary N) is 1. The summed E-state index contributed by atoms with van der Waals surface area (Å²) in [6.45, 7) is 3.44. The van der Waals surface area contributed by atoms with Crippen molar-refractivity contribution in [3.8, 4) is 11.3 Å². The maximum Gasteiger partial charge on any atom is 0.134 e. The smallest absolute Gasteiger partial charge is 0.134 e. The Kier molecular flexibility index (Phi) is 8.29. The van der Waals surface area contributed by atoms with E-state index in [9.17, 15) is 0 Å². The van der Waals surface area contributed by atoms with Crippen LogP contribution in [-0.4, -0.2) is 4.98 Å². The van der Waals surface area contributed by atoms with Gasteiger partial charge in [0.25, 0.3) is 0 Å². The molecule has 128 valence electrons. The zero-order valence-electron chi connectivity index (χ0n) is 13.1. The van der Waals surface area contributed by atoms with E-state index >= 15 is 0 Å². The number of nitrogens with zero attached hydrogens (tertiary/aromatic N) is 1. The molecule has 0 aliphatic heterocycles. The summed E-state index contributed by atoms with van der Waals surface area (Å²) in [4.78, 5) is 4.10. The number of rotatable bonds is 5. The summed E-state index contributed by atoms with van der Waals surface area (Å²) in [6.07, 6.45) is 3.63. The first-order valence-corrected chi connectivity index (χ1v) is 7.55. The lowest BCUT2D eigenvalue weighted by molar-refractivity contribution is -0.001000. The van der Waals surface area contributed by atoms with Crippen LogP contribution >= 0.6 is 11.6 Å². The SMILES string of the molecule is Cc1c(Cl)cccc1-c1ccc(CNCc2cccnc2)o1.[Cl-].[Cl-]. The summed E-state index contributed by atoms with van der Waals surface area (Å²) in [7, 11) is 0. The Morgan fingerprint density at radius 2 is 1.88 bits per heavy atom. The second-order valence-electron chi connectivity index (χ2n) is 5.14. The van der Waals surface area contributed by atoms with Crippen molar-refractivity contribution in [3.63, 3.8) is 0 Å². The minimum Gasteiger partial charge on any atom is -1.00 e. The molecule has 3 nitrogen and oxygen atoms in total. The van der Waals surface area contributed by atoms with E-state index in [-0.39, 0.29) is 24.8 Å². The molecule has 3 aromatic rings. The molecule has 0 atom stereocenters. The number of halogens is 3. The van der Waals surface area contributed by atoms with Gasteiger partial charge in [-0.15, -0.1) is 0 Å². The monoisotopic (exact) mass is 382 g/mol. The molecule has 6 heteroatoms. The molecule has 1 aromatic carbocycles. The molecule has 0 spiro atoms. The first-order chi connectivity index (χ1) is 10.7. The lowest BCUT2D eigenvalue weighted by Gasteiger charge is -2.05. The summed E-state index contributed by atoms with van der Waals surface area (Å²) in [5.41, 5.74) is 3.22. The second kappa shape index (κ2) is 9.70. The Hall–Kier alpha value is -1.52. The van der Waals surface area contributed by atoms with Crippen molar-refractivity contribution < 1.29 is 29.2 Å². The van der Waals surface area contributed by atoms with Gasteiger partial charge in [0.1, 0.15) is 11.5 Å². The van der Waals surface area contributed by atoms with E-state index in [1.807, 2.05) is 55.6 Å². The first kappa shape index (κ1) is 20.5. The average molecular weight is 384 g/mol. The zero-order valence-corrected chi connectivity index (χ0v) is 15.4. The van der Waals surface area contributed by atoms with E-state index in [0.717, 1.165) is 39.8 Å². The summed E-state index contributed by atoms with van der Waals surface area (Å²) in [5.74, 6) is 1.75. The Balaban J connectivity index is 0.00000144. The van der Waals surface area contributed by atoms with Gasteiger partial charge in [-0.25, -0.2) is 0 Å². The Bertz CT molecular complexity index is 760. The molecule has 0 saturated carbocycles. The molecule has 0 amide bonds. The van der Waals surface area contributed by atoms with Crippen LogP contribution in [0.2, 0.25) is 5.02 Å². The molecule has 0 unspecified atom stereocenters. The van der Waals surface area contributed by atoms with Gasteiger partial charge < -0.3 is 34.5 Å². The van der Waals surface area contributed by atoms with E-state index in [0.29, 0.717) is 6.54 Å². The predicted octanol–water partition coefficient (Wildman–Crippen LogP) is -1.40. The van der Waals surface area contributed by atoms with Crippen LogP contribution in [0.1, 0.15) is 16.9 Å². The van der Waals surface area contributed by atoms with Crippen LogP contribution in [0.5, 0.6) is 0 Å². The van der Waals surface area contributed by atoms with Crippen LogP contribution in [0.25, 0.3) is 11.3 Å². The Labute approximate surface area is 159 Å². The molecule has 0 aliphatic rings. The molecule has 24 heavy (non-hydrogen) atoms. The highest BCUT2D eigenvalue weighted by molar-refractivity contribution is 6.31. The van der Waals surface area contributed by atoms with Gasteiger partial charge in [0, 0.05) is 29.5 Å². The molecule has 0 aliphatic carbocycles. The van der Waals surface area contributed by atoms with Crippen molar-refractivity contribution in [2.45, 2.75) is 20.0 Å². The van der Waals surface area contributed by atoms with Crippen LogP contribution in [0, 0.1) is 6.92 Å². The molecule has 0 fully saturated rings. The number of benzene rings is 1. The fraction of sp³-hybridized carbons (Fsp3) is 0.167. The van der Waals surface area contributed by atoms with Gasteiger partial charge >= 0.3 is 0 Å². The highest BCUT2D eigenvalue weighted by atomic mass is 35.5. The lowest BCUT2D eigenvalue weighted by Crippen LogP contribution is -3.00.